The molecule has 0 amide bonds. The van der Waals surface area contributed by atoms with Gasteiger partial charge in [-0.25, -0.2) is 25.3 Å². The van der Waals surface area contributed by atoms with Gasteiger partial charge in [0, 0.05) is 50.0 Å². The Hall–Kier alpha value is -9.87. The van der Waals surface area contributed by atoms with E-state index in [9.17, 15) is 38.4 Å². The summed E-state index contributed by atoms with van der Waals surface area (Å²) in [5, 5.41) is 6.86. The van der Waals surface area contributed by atoms with E-state index in [4.69, 9.17) is 0 Å². The lowest BCUT2D eigenvalue weighted by Gasteiger charge is -2.34. The highest BCUT2D eigenvalue weighted by molar-refractivity contribution is 8.00. The molecule has 0 aliphatic carbocycles. The fourth-order valence-corrected chi connectivity index (χ4v) is 25.5. The Balaban J connectivity index is 0.000000137. The van der Waals surface area contributed by atoms with Crippen molar-refractivity contribution in [2.75, 3.05) is 57.4 Å². The Bertz CT molecular complexity index is 6720. The molecule has 21 heteroatoms. The molecule has 12 aromatic carbocycles. The van der Waals surface area contributed by atoms with Crippen LogP contribution in [0.25, 0.3) is 0 Å². The van der Waals surface area contributed by atoms with Crippen LogP contribution in [0.3, 0.4) is 0 Å². The van der Waals surface area contributed by atoms with Crippen LogP contribution in [0.5, 0.6) is 0 Å². The Morgan fingerprint density at radius 2 is 0.541 bits per heavy atom. The van der Waals surface area contributed by atoms with Crippen molar-refractivity contribution in [3.63, 3.8) is 0 Å². The third-order valence-corrected chi connectivity index (χ3v) is 35.0. The summed E-state index contributed by atoms with van der Waals surface area (Å²) in [5.41, 5.74) is 25.2. The highest BCUT2D eigenvalue weighted by atomic mass is 32.2. The van der Waals surface area contributed by atoms with E-state index >= 15 is 0 Å². The molecule has 6 heterocycles. The standard InChI is InChI=1S/C20H22F3NS.C20H25NO2S.C19H23NO2S.C19H23NS.C18H21NO2S.C18H21NS/c1-12(2)14-6-8-18-17(9-14)24(11-20(21,22)23)16-7-5-15(13(3)4)10-19(16)25-18;1-6-21-17-9-7-16(14(4)5)12-20(17)24(22,23)19-10-8-15(13(2)3)11-18(19)21;1-12(2)14-7-9-18-17(10-14)20(5)16-8-6-15(13(3)4)11-19(16)23(18,21)22;1-12(2)14-7-9-18-17(10-14)20(5)16-8-6-15(13(3)4)11-19(16)21-18;1-11(2)13-6-8-17-16(9-13)19-15-7-5-14(12(3)4)10-18(15)22(17,20)21;1-11(2)13-6-8-17-16(9-13)19-15-7-5-14(12(3)4)10-18(15)20-17/h5-10,12-13H,11H2,1-4H3;7-14H,6H2,1-5H3;6-13H,1-5H3;6-13H,1-5H3;5-12,19H,1-4H3;5-12,19H,1-4H3. The molecule has 0 atom stereocenters. The van der Waals surface area contributed by atoms with Gasteiger partial charge >= 0.3 is 6.18 Å². The molecule has 0 unspecified atom stereocenters. The summed E-state index contributed by atoms with van der Waals surface area (Å²) in [4.78, 5) is 17.4. The van der Waals surface area contributed by atoms with Crippen LogP contribution in [0, 0.1) is 0 Å². The first-order valence-electron chi connectivity index (χ1n) is 47.6. The minimum absolute atomic E-state index is 0.271. The minimum Gasteiger partial charge on any atom is -0.354 e. The average Bonchev–Trinajstić information content (AvgIpc) is 0.727. The van der Waals surface area contributed by atoms with Crippen molar-refractivity contribution in [2.24, 2.45) is 0 Å². The molecule has 714 valence electrons. The first-order chi connectivity index (χ1) is 63.5. The lowest BCUT2D eigenvalue weighted by Crippen LogP contribution is -2.32. The third kappa shape index (κ3) is 22.1. The van der Waals surface area contributed by atoms with E-state index in [1.54, 1.807) is 36.0 Å². The van der Waals surface area contributed by atoms with E-state index in [1.807, 2.05) is 157 Å². The Labute approximate surface area is 816 Å². The summed E-state index contributed by atoms with van der Waals surface area (Å²) < 4.78 is 118. The van der Waals surface area contributed by atoms with Crippen molar-refractivity contribution in [1.29, 1.82) is 0 Å². The second-order valence-electron chi connectivity index (χ2n) is 39.8. The van der Waals surface area contributed by atoms with Crippen LogP contribution in [0.1, 0.15) is 311 Å². The zero-order chi connectivity index (χ0) is 98.4. The largest absolute Gasteiger partial charge is 0.406 e. The highest BCUT2D eigenvalue weighted by Crippen LogP contribution is 2.55. The summed E-state index contributed by atoms with van der Waals surface area (Å²) in [6, 6.07) is 73.2. The van der Waals surface area contributed by atoms with Crippen molar-refractivity contribution in [1.82, 2.24) is 0 Å². The van der Waals surface area contributed by atoms with Gasteiger partial charge in [-0.05, 0) is 290 Å². The number of hydrogen-bond donors (Lipinski definition) is 2. The van der Waals surface area contributed by atoms with E-state index in [-0.39, 0.29) is 5.92 Å². The predicted octanol–water partition coefficient (Wildman–Crippen LogP) is 34.3. The molecule has 0 spiro atoms. The zero-order valence-corrected chi connectivity index (χ0v) is 88.3. The predicted molar refractivity (Wildman–Crippen MR) is 564 cm³/mol. The molecule has 2 N–H and O–H groups in total. The van der Waals surface area contributed by atoms with Crippen LogP contribution in [0.2, 0.25) is 0 Å². The smallest absolute Gasteiger partial charge is 0.354 e. The van der Waals surface area contributed by atoms with Gasteiger partial charge in [-0.3, -0.25) is 0 Å². The van der Waals surface area contributed by atoms with Crippen molar-refractivity contribution < 1.29 is 38.4 Å². The molecule has 12 aromatic rings. The summed E-state index contributed by atoms with van der Waals surface area (Å²) in [6.07, 6.45) is -4.26. The quantitative estimate of drug-likeness (QED) is 0.107. The van der Waals surface area contributed by atoms with Gasteiger partial charge in [0.1, 0.15) is 6.54 Å². The third-order valence-electron chi connectivity index (χ3n) is 26.1. The highest BCUT2D eigenvalue weighted by Gasteiger charge is 2.39. The number of hydrogen-bond acceptors (Lipinski definition) is 15. The van der Waals surface area contributed by atoms with E-state index in [0.29, 0.717) is 117 Å². The monoisotopic (exact) mass is 1930 g/mol. The average molecular weight is 1930 g/mol. The van der Waals surface area contributed by atoms with Gasteiger partial charge in [-0.1, -0.05) is 274 Å². The summed E-state index contributed by atoms with van der Waals surface area (Å²) >= 11 is 5.32. The van der Waals surface area contributed by atoms with E-state index in [1.165, 1.54) is 69.5 Å². The van der Waals surface area contributed by atoms with Crippen LogP contribution in [-0.4, -0.2) is 58.6 Å². The Kier molecular flexibility index (Phi) is 31.5. The van der Waals surface area contributed by atoms with Crippen LogP contribution in [0.15, 0.2) is 277 Å². The molecule has 135 heavy (non-hydrogen) atoms. The zero-order valence-electron chi connectivity index (χ0n) is 83.4. The van der Waals surface area contributed by atoms with Gasteiger partial charge in [0.2, 0.25) is 29.5 Å². The summed E-state index contributed by atoms with van der Waals surface area (Å²) in [6.45, 7) is 53.2. The topological polar surface area (TPSA) is 139 Å². The molecular weight excluding hydrogens is 1800 g/mol. The molecule has 0 saturated carbocycles. The molecule has 0 saturated heterocycles. The lowest BCUT2D eigenvalue weighted by atomic mass is 10.0. The molecule has 12 nitrogen and oxygen atoms in total. The molecule has 18 rings (SSSR count). The molecular formula is C114H135F3N6O6S6. The molecule has 0 radical (unpaired) electrons. The minimum atomic E-state index is -4.26. The van der Waals surface area contributed by atoms with Crippen LogP contribution in [-0.2, 0) is 29.5 Å². The number of nitrogens with one attached hydrogen (secondary N) is 2. The van der Waals surface area contributed by atoms with Crippen LogP contribution < -0.4 is 30.2 Å². The number of halogens is 3. The van der Waals surface area contributed by atoms with Crippen molar-refractivity contribution in [2.45, 2.75) is 309 Å². The second-order valence-corrected chi connectivity index (χ2v) is 48.7. The number of nitrogens with zero attached hydrogens (tertiary/aromatic N) is 4. The number of alkyl halides is 3. The molecule has 6 aliphatic rings. The number of fused-ring (bicyclic) bond motifs is 12. The van der Waals surface area contributed by atoms with Gasteiger partial charge in [-0.2, -0.15) is 13.2 Å². The Morgan fingerprint density at radius 1 is 0.244 bits per heavy atom. The fourth-order valence-electron chi connectivity index (χ4n) is 17.2. The number of sulfone groups is 3. The number of rotatable bonds is 14. The van der Waals surface area contributed by atoms with E-state index < -0.39 is 42.2 Å². The van der Waals surface area contributed by atoms with Gasteiger partial charge in [-0.15, -0.1) is 0 Å². The van der Waals surface area contributed by atoms with Crippen LogP contribution in [0.4, 0.5) is 81.4 Å². The van der Waals surface area contributed by atoms with Gasteiger partial charge in [0.05, 0.1) is 97.6 Å². The van der Waals surface area contributed by atoms with Crippen molar-refractivity contribution in [3.05, 3.63) is 285 Å². The first kappa shape index (κ1) is 103. The maximum Gasteiger partial charge on any atom is 0.406 e. The van der Waals surface area contributed by atoms with Crippen LogP contribution >= 0.6 is 35.3 Å². The molecule has 0 aromatic heterocycles. The van der Waals surface area contributed by atoms with Crippen molar-refractivity contribution >= 4 is 133 Å². The summed E-state index contributed by atoms with van der Waals surface area (Å²) in [5.74, 6) is 4.87. The maximum absolute atomic E-state index is 13.2. The number of benzene rings is 12. The van der Waals surface area contributed by atoms with Gasteiger partial charge < -0.3 is 30.2 Å². The Morgan fingerprint density at radius 3 is 1.01 bits per heavy atom. The van der Waals surface area contributed by atoms with Crippen molar-refractivity contribution in [3.8, 4) is 0 Å². The fraction of sp³-hybridized carbons (Fsp3) is 0.368. The number of anilines is 12. The van der Waals surface area contributed by atoms with Gasteiger partial charge in [0.15, 0.2) is 0 Å². The SMILES string of the molecule is CC(C)c1ccc2c(c1)N(C)c1ccc(C(C)C)cc1S2(=O)=O.CC(C)c1ccc2c(c1)Nc1ccc(C(C)C)cc1S2.CC(C)c1ccc2c(c1)Nc1ccc(C(C)C)cc1S2(=O)=O.CC(C)c1ccc2c(c1)Sc1ccc(C(C)C)cc1N2C.CC(C)c1ccc2c(c1)Sc1ccc(C(C)C)cc1N2CC(F)(F)F.CCN1c2cc(C(C)C)ccc2S(=O)(=O)c2cc(C(C)C)ccc21. The summed E-state index contributed by atoms with van der Waals surface area (Å²) in [7, 11) is -6.31. The normalized spacial score (nSPS) is 14.6. The molecule has 0 bridgehead atoms. The lowest BCUT2D eigenvalue weighted by molar-refractivity contribution is -0.118. The first-order valence-corrected chi connectivity index (χ1v) is 54.5. The molecule has 0 fully saturated rings. The van der Waals surface area contributed by atoms with E-state index in [2.05, 4.69) is 273 Å². The maximum atomic E-state index is 13.2. The van der Waals surface area contributed by atoms with E-state index in [0.717, 1.165) is 83.6 Å². The van der Waals surface area contributed by atoms with Gasteiger partial charge in [0.25, 0.3) is 0 Å². The second kappa shape index (κ2) is 41.4. The molecule has 6 aliphatic heterocycles.